The summed E-state index contributed by atoms with van der Waals surface area (Å²) in [5, 5.41) is 13.2. The van der Waals surface area contributed by atoms with E-state index in [9.17, 15) is 14.7 Å². The summed E-state index contributed by atoms with van der Waals surface area (Å²) in [6.45, 7) is 9.58. The van der Waals surface area contributed by atoms with Crippen LogP contribution in [0.15, 0.2) is 35.3 Å². The van der Waals surface area contributed by atoms with Gasteiger partial charge in [-0.3, -0.25) is 14.9 Å². The van der Waals surface area contributed by atoms with E-state index in [1.54, 1.807) is 32.4 Å². The first-order chi connectivity index (χ1) is 17.1. The maximum Gasteiger partial charge on any atom is 0.326 e. The number of aliphatic hydroxyl groups excluding tert-OH is 1. The van der Waals surface area contributed by atoms with E-state index in [0.29, 0.717) is 18.0 Å². The summed E-state index contributed by atoms with van der Waals surface area (Å²) in [6, 6.07) is 7.10. The van der Waals surface area contributed by atoms with E-state index in [4.69, 9.17) is 14.5 Å². The third kappa shape index (κ3) is 5.69. The first kappa shape index (κ1) is 26.1. The second kappa shape index (κ2) is 10.9. The number of carbonyl (C=O) groups excluding carboxylic acids is 1. The second-order valence-electron chi connectivity index (χ2n) is 10.0. The molecule has 3 atom stereocenters. The molecule has 194 valence electrons. The molecule has 2 unspecified atom stereocenters. The van der Waals surface area contributed by atoms with Crippen molar-refractivity contribution in [2.24, 2.45) is 13.0 Å². The normalized spacial score (nSPS) is 17.6. The van der Waals surface area contributed by atoms with Gasteiger partial charge in [0.05, 0.1) is 29.8 Å². The van der Waals surface area contributed by atoms with Gasteiger partial charge in [0, 0.05) is 50.0 Å². The molecule has 0 radical (unpaired) electrons. The molecule has 36 heavy (non-hydrogen) atoms. The van der Waals surface area contributed by atoms with Crippen molar-refractivity contribution in [3.05, 3.63) is 51.9 Å². The maximum atomic E-state index is 12.4. The van der Waals surface area contributed by atoms with Gasteiger partial charge in [-0.15, -0.1) is 0 Å². The highest BCUT2D eigenvalue weighted by Crippen LogP contribution is 2.28. The molecule has 1 aliphatic rings. The van der Waals surface area contributed by atoms with Crippen molar-refractivity contribution in [2.45, 2.75) is 65.5 Å². The average molecular weight is 497 g/mol. The molecule has 2 aromatic heterocycles. The predicted molar refractivity (Wildman–Crippen MR) is 138 cm³/mol. The molecule has 1 aromatic carbocycles. The number of benzene rings is 1. The molecule has 9 heteroatoms. The minimum Gasteiger partial charge on any atom is -0.462 e. The Hall–Kier alpha value is -3.01. The lowest BCUT2D eigenvalue weighted by Crippen LogP contribution is -2.46. The van der Waals surface area contributed by atoms with Crippen molar-refractivity contribution in [3.8, 4) is 11.4 Å². The van der Waals surface area contributed by atoms with Gasteiger partial charge < -0.3 is 23.7 Å². The first-order valence-corrected chi connectivity index (χ1v) is 12.5. The van der Waals surface area contributed by atoms with Crippen LogP contribution in [0.2, 0.25) is 0 Å². The Kier molecular flexibility index (Phi) is 7.92. The number of ether oxygens (including phenoxy) is 2. The van der Waals surface area contributed by atoms with Gasteiger partial charge in [0.1, 0.15) is 11.9 Å². The van der Waals surface area contributed by atoms with E-state index in [1.807, 2.05) is 37.4 Å². The average Bonchev–Trinajstić information content (AvgIpc) is 3.45. The molecule has 9 nitrogen and oxygen atoms in total. The van der Waals surface area contributed by atoms with Crippen molar-refractivity contribution in [1.82, 2.24) is 19.4 Å². The fraction of sp³-hybridized carbons (Fsp3) is 0.519. The fourth-order valence-corrected chi connectivity index (χ4v) is 4.66. The Labute approximate surface area is 211 Å². The largest absolute Gasteiger partial charge is 0.462 e. The van der Waals surface area contributed by atoms with Crippen LogP contribution < -0.4 is 10.9 Å². The van der Waals surface area contributed by atoms with E-state index in [1.165, 1.54) is 0 Å². The number of pyridine rings is 1. The van der Waals surface area contributed by atoms with Gasteiger partial charge in [0.25, 0.3) is 5.56 Å². The fourth-order valence-electron chi connectivity index (χ4n) is 4.66. The molecule has 0 bridgehead atoms. The number of nitrogens with zero attached hydrogens (tertiary/aromatic N) is 3. The quantitative estimate of drug-likeness (QED) is 0.439. The number of carbonyl (C=O) groups is 1. The number of aliphatic hydroxyl groups is 1. The van der Waals surface area contributed by atoms with Crippen LogP contribution in [0.25, 0.3) is 22.4 Å². The highest BCUT2D eigenvalue weighted by molar-refractivity contribution is 5.81. The zero-order valence-electron chi connectivity index (χ0n) is 21.7. The Morgan fingerprint density at radius 1 is 1.31 bits per heavy atom. The molecule has 1 saturated heterocycles. The van der Waals surface area contributed by atoms with Crippen LogP contribution in [-0.2, 0) is 34.4 Å². The molecule has 0 aliphatic carbocycles. The lowest BCUT2D eigenvalue weighted by atomic mass is 10.1. The molecule has 0 spiro atoms. The highest BCUT2D eigenvalue weighted by atomic mass is 16.5. The lowest BCUT2D eigenvalue weighted by Gasteiger charge is -2.21. The number of nitrogens with one attached hydrogen (secondary N) is 1. The number of aryl methyl sites for hydroxylation is 2. The molecule has 2 N–H and O–H groups in total. The molecule has 1 aliphatic heterocycles. The van der Waals surface area contributed by atoms with Crippen LogP contribution in [0.4, 0.5) is 0 Å². The van der Waals surface area contributed by atoms with Gasteiger partial charge in [-0.05, 0) is 57.9 Å². The summed E-state index contributed by atoms with van der Waals surface area (Å²) < 4.78 is 14.7. The van der Waals surface area contributed by atoms with Gasteiger partial charge >= 0.3 is 5.97 Å². The van der Waals surface area contributed by atoms with Crippen LogP contribution in [-0.4, -0.2) is 56.7 Å². The summed E-state index contributed by atoms with van der Waals surface area (Å²) in [4.78, 5) is 29.6. The Morgan fingerprint density at radius 3 is 2.72 bits per heavy atom. The molecule has 1 fully saturated rings. The number of esters is 1. The molecule has 4 rings (SSSR count). The molecule has 0 saturated carbocycles. The topological polar surface area (TPSA) is 108 Å². The van der Waals surface area contributed by atoms with Gasteiger partial charge in [-0.2, -0.15) is 0 Å². The zero-order valence-corrected chi connectivity index (χ0v) is 21.7. The van der Waals surface area contributed by atoms with Crippen LogP contribution >= 0.6 is 0 Å². The number of hydrogen-bond acceptors (Lipinski definition) is 7. The third-order valence-electron chi connectivity index (χ3n) is 6.51. The minimum absolute atomic E-state index is 0.0253. The van der Waals surface area contributed by atoms with E-state index in [2.05, 4.69) is 9.88 Å². The number of imidazole rings is 1. The number of fused-ring (bicyclic) bond motifs is 1. The van der Waals surface area contributed by atoms with Crippen LogP contribution in [0.5, 0.6) is 0 Å². The second-order valence-corrected chi connectivity index (χ2v) is 10.0. The third-order valence-corrected chi connectivity index (χ3v) is 6.51. The van der Waals surface area contributed by atoms with Crippen molar-refractivity contribution in [3.63, 3.8) is 0 Å². The standard InChI is InChI=1S/C27H36N4O5/c1-16(2)36-27(34)24(18(4)32)28-12-19-6-7-23-22(11-19)29-25(31(23)13-20-8-9-35-15-20)21-10-17(3)26(33)30(5)14-21/h6-7,10-11,14,16,18,20,24,28,32H,8-9,12-13,15H2,1-5H3/t18-,20?,24?/m1/s1. The summed E-state index contributed by atoms with van der Waals surface area (Å²) in [6.07, 6.45) is 1.67. The Balaban J connectivity index is 1.67. The highest BCUT2D eigenvalue weighted by Gasteiger charge is 2.26. The zero-order chi connectivity index (χ0) is 26.0. The number of aromatic nitrogens is 3. The van der Waals surface area contributed by atoms with Gasteiger partial charge in [-0.25, -0.2) is 4.98 Å². The van der Waals surface area contributed by atoms with E-state index >= 15 is 0 Å². The summed E-state index contributed by atoms with van der Waals surface area (Å²) >= 11 is 0. The number of rotatable bonds is 9. The predicted octanol–water partition coefficient (Wildman–Crippen LogP) is 2.54. The minimum atomic E-state index is -0.896. The SMILES string of the molecule is Cc1cc(-c2nc3cc(CNC(C(=O)OC(C)C)[C@@H](C)O)ccc3n2CC2CCOC2)cn(C)c1=O. The van der Waals surface area contributed by atoms with E-state index < -0.39 is 18.1 Å². The molecule has 3 heterocycles. The van der Waals surface area contributed by atoms with Crippen molar-refractivity contribution in [2.75, 3.05) is 13.2 Å². The lowest BCUT2D eigenvalue weighted by molar-refractivity contribution is -0.152. The van der Waals surface area contributed by atoms with Crippen LogP contribution in [0.1, 0.15) is 38.3 Å². The van der Waals surface area contributed by atoms with Crippen LogP contribution in [0, 0.1) is 12.8 Å². The Morgan fingerprint density at radius 2 is 2.08 bits per heavy atom. The van der Waals surface area contributed by atoms with Gasteiger partial charge in [-0.1, -0.05) is 6.07 Å². The molecule has 0 amide bonds. The first-order valence-electron chi connectivity index (χ1n) is 12.5. The summed E-state index contributed by atoms with van der Waals surface area (Å²) in [5.74, 6) is 0.731. The Bertz CT molecular complexity index is 1260. The van der Waals surface area contributed by atoms with Crippen molar-refractivity contribution in [1.29, 1.82) is 0 Å². The maximum absolute atomic E-state index is 12.4. The van der Waals surface area contributed by atoms with Gasteiger partial charge in [0.2, 0.25) is 0 Å². The van der Waals surface area contributed by atoms with Crippen molar-refractivity contribution >= 4 is 17.0 Å². The van der Waals surface area contributed by atoms with Gasteiger partial charge in [0.15, 0.2) is 0 Å². The number of hydrogen-bond donors (Lipinski definition) is 2. The van der Waals surface area contributed by atoms with Crippen LogP contribution in [0.3, 0.4) is 0 Å². The van der Waals surface area contributed by atoms with Crippen molar-refractivity contribution < 1.29 is 19.4 Å². The van der Waals surface area contributed by atoms with E-state index in [0.717, 1.165) is 54.2 Å². The summed E-state index contributed by atoms with van der Waals surface area (Å²) in [7, 11) is 1.75. The van der Waals surface area contributed by atoms with E-state index in [-0.39, 0.29) is 11.7 Å². The molecule has 3 aromatic rings. The summed E-state index contributed by atoms with van der Waals surface area (Å²) in [5.41, 5.74) is 4.28. The monoisotopic (exact) mass is 496 g/mol. The molecular formula is C27H36N4O5. The smallest absolute Gasteiger partial charge is 0.326 e. The molecular weight excluding hydrogens is 460 g/mol.